The number of amides is 1. The second-order valence-corrected chi connectivity index (χ2v) is 5.95. The second kappa shape index (κ2) is 7.23. The van der Waals surface area contributed by atoms with Gasteiger partial charge >= 0.3 is 0 Å². The van der Waals surface area contributed by atoms with Crippen LogP contribution in [0.15, 0.2) is 48.5 Å². The first-order valence-electron chi connectivity index (χ1n) is 7.60. The lowest BCUT2D eigenvalue weighted by Crippen LogP contribution is -2.11. The first kappa shape index (κ1) is 16.1. The summed E-state index contributed by atoms with van der Waals surface area (Å²) in [6.07, 6.45) is 0. The summed E-state index contributed by atoms with van der Waals surface area (Å²) < 4.78 is 9.66. The maximum absolute atomic E-state index is 12.3. The SMILES string of the molecule is CCOc1ccc(C(=O)Nc2nc(-c3ccc(C)cc3)ns2)cc1. The van der Waals surface area contributed by atoms with E-state index < -0.39 is 0 Å². The number of aryl methyl sites for hydroxylation is 1. The van der Waals surface area contributed by atoms with E-state index in [0.29, 0.717) is 23.1 Å². The van der Waals surface area contributed by atoms with Crippen molar-refractivity contribution < 1.29 is 9.53 Å². The molecule has 0 atom stereocenters. The fourth-order valence-corrected chi connectivity index (χ4v) is 2.72. The minimum atomic E-state index is -0.218. The number of carbonyl (C=O) groups is 1. The Bertz CT molecular complexity index is 826. The summed E-state index contributed by atoms with van der Waals surface area (Å²) in [5, 5.41) is 3.25. The molecule has 6 heteroatoms. The molecular formula is C18H17N3O2S. The average molecular weight is 339 g/mol. The van der Waals surface area contributed by atoms with Crippen molar-refractivity contribution in [3.8, 4) is 17.1 Å². The fraction of sp³-hybridized carbons (Fsp3) is 0.167. The van der Waals surface area contributed by atoms with Crippen molar-refractivity contribution in [3.63, 3.8) is 0 Å². The van der Waals surface area contributed by atoms with Gasteiger partial charge in [0.05, 0.1) is 6.61 Å². The molecule has 0 aliphatic rings. The third-order valence-electron chi connectivity index (χ3n) is 3.38. The van der Waals surface area contributed by atoms with Crippen LogP contribution in [0.5, 0.6) is 5.75 Å². The number of hydrogen-bond acceptors (Lipinski definition) is 5. The van der Waals surface area contributed by atoms with Crippen LogP contribution < -0.4 is 10.1 Å². The van der Waals surface area contributed by atoms with Crippen LogP contribution in [0.1, 0.15) is 22.8 Å². The van der Waals surface area contributed by atoms with Crippen molar-refractivity contribution in [1.82, 2.24) is 9.36 Å². The lowest BCUT2D eigenvalue weighted by atomic mass is 10.1. The maximum Gasteiger partial charge on any atom is 0.257 e. The first-order valence-corrected chi connectivity index (χ1v) is 8.38. The quantitative estimate of drug-likeness (QED) is 0.758. The lowest BCUT2D eigenvalue weighted by Gasteiger charge is -2.04. The predicted molar refractivity (Wildman–Crippen MR) is 95.6 cm³/mol. The van der Waals surface area contributed by atoms with Gasteiger partial charge in [-0.3, -0.25) is 10.1 Å². The summed E-state index contributed by atoms with van der Waals surface area (Å²) in [7, 11) is 0. The van der Waals surface area contributed by atoms with E-state index in [1.54, 1.807) is 24.3 Å². The monoisotopic (exact) mass is 339 g/mol. The van der Waals surface area contributed by atoms with Gasteiger partial charge in [-0.15, -0.1) is 0 Å². The molecule has 3 aromatic rings. The topological polar surface area (TPSA) is 64.1 Å². The van der Waals surface area contributed by atoms with Crippen molar-refractivity contribution in [2.45, 2.75) is 13.8 Å². The Morgan fingerprint density at radius 3 is 2.50 bits per heavy atom. The number of nitrogens with one attached hydrogen (secondary N) is 1. The normalized spacial score (nSPS) is 10.4. The Hall–Kier alpha value is -2.73. The minimum absolute atomic E-state index is 0.218. The highest BCUT2D eigenvalue weighted by molar-refractivity contribution is 7.10. The van der Waals surface area contributed by atoms with Gasteiger partial charge in [-0.1, -0.05) is 29.8 Å². The lowest BCUT2D eigenvalue weighted by molar-refractivity contribution is 0.102. The van der Waals surface area contributed by atoms with Crippen LogP contribution in [0, 0.1) is 6.92 Å². The smallest absolute Gasteiger partial charge is 0.257 e. The van der Waals surface area contributed by atoms with Gasteiger partial charge in [0.2, 0.25) is 5.13 Å². The Kier molecular flexibility index (Phi) is 4.86. The summed E-state index contributed by atoms with van der Waals surface area (Å²) in [6, 6.07) is 14.9. The van der Waals surface area contributed by atoms with Crippen LogP contribution in [0.2, 0.25) is 0 Å². The van der Waals surface area contributed by atoms with Gasteiger partial charge in [0.1, 0.15) is 5.75 Å². The zero-order chi connectivity index (χ0) is 16.9. The Morgan fingerprint density at radius 2 is 1.83 bits per heavy atom. The van der Waals surface area contributed by atoms with Crippen molar-refractivity contribution in [2.24, 2.45) is 0 Å². The van der Waals surface area contributed by atoms with Crippen molar-refractivity contribution in [1.29, 1.82) is 0 Å². The maximum atomic E-state index is 12.3. The molecule has 0 spiro atoms. The van der Waals surface area contributed by atoms with Gasteiger partial charge in [0.25, 0.3) is 5.91 Å². The standard InChI is InChI=1S/C18H17N3O2S/c1-3-23-15-10-8-14(9-11-15)17(22)20-18-19-16(21-24-18)13-6-4-12(2)5-7-13/h4-11H,3H2,1-2H3,(H,19,20,21,22). The van der Waals surface area contributed by atoms with E-state index in [-0.39, 0.29) is 5.91 Å². The van der Waals surface area contributed by atoms with Crippen molar-refractivity contribution in [3.05, 3.63) is 59.7 Å². The molecule has 0 aliphatic carbocycles. The summed E-state index contributed by atoms with van der Waals surface area (Å²) in [5.41, 5.74) is 2.65. The number of hydrogen-bond donors (Lipinski definition) is 1. The highest BCUT2D eigenvalue weighted by Crippen LogP contribution is 2.22. The zero-order valence-corrected chi connectivity index (χ0v) is 14.3. The highest BCUT2D eigenvalue weighted by Gasteiger charge is 2.11. The number of benzene rings is 2. The van der Waals surface area contributed by atoms with Crippen LogP contribution in [0.4, 0.5) is 5.13 Å². The molecule has 1 aromatic heterocycles. The number of carbonyl (C=O) groups excluding carboxylic acids is 1. The van der Waals surface area contributed by atoms with E-state index in [1.807, 2.05) is 38.1 Å². The third-order valence-corrected chi connectivity index (χ3v) is 4.01. The molecule has 5 nitrogen and oxygen atoms in total. The molecule has 122 valence electrons. The molecule has 0 radical (unpaired) electrons. The molecule has 0 bridgehead atoms. The van der Waals surface area contributed by atoms with Crippen LogP contribution in [-0.4, -0.2) is 21.9 Å². The summed E-state index contributed by atoms with van der Waals surface area (Å²) in [6.45, 7) is 4.54. The first-order chi connectivity index (χ1) is 11.7. The Morgan fingerprint density at radius 1 is 1.12 bits per heavy atom. The number of anilines is 1. The van der Waals surface area contributed by atoms with Crippen LogP contribution >= 0.6 is 11.5 Å². The zero-order valence-electron chi connectivity index (χ0n) is 13.4. The molecule has 0 saturated heterocycles. The van der Waals surface area contributed by atoms with Crippen LogP contribution in [-0.2, 0) is 0 Å². The number of aromatic nitrogens is 2. The van der Waals surface area contributed by atoms with E-state index >= 15 is 0 Å². The molecule has 1 N–H and O–H groups in total. The minimum Gasteiger partial charge on any atom is -0.494 e. The Balaban J connectivity index is 1.69. The van der Waals surface area contributed by atoms with E-state index in [1.165, 1.54) is 17.1 Å². The fourth-order valence-electron chi connectivity index (χ4n) is 2.13. The van der Waals surface area contributed by atoms with E-state index in [2.05, 4.69) is 14.7 Å². The Labute approximate surface area is 144 Å². The van der Waals surface area contributed by atoms with Gasteiger partial charge in [0, 0.05) is 22.7 Å². The molecule has 1 amide bonds. The van der Waals surface area contributed by atoms with Crippen LogP contribution in [0.25, 0.3) is 11.4 Å². The summed E-state index contributed by atoms with van der Waals surface area (Å²) in [4.78, 5) is 16.6. The van der Waals surface area contributed by atoms with E-state index in [9.17, 15) is 4.79 Å². The van der Waals surface area contributed by atoms with E-state index in [0.717, 1.165) is 11.3 Å². The molecule has 0 aliphatic heterocycles. The predicted octanol–water partition coefficient (Wildman–Crippen LogP) is 4.16. The van der Waals surface area contributed by atoms with Gasteiger partial charge in [0.15, 0.2) is 5.82 Å². The van der Waals surface area contributed by atoms with E-state index in [4.69, 9.17) is 4.74 Å². The average Bonchev–Trinajstić information content (AvgIpc) is 3.05. The molecular weight excluding hydrogens is 322 g/mol. The second-order valence-electron chi connectivity index (χ2n) is 5.20. The number of nitrogens with zero attached hydrogens (tertiary/aromatic N) is 2. The largest absolute Gasteiger partial charge is 0.494 e. The molecule has 24 heavy (non-hydrogen) atoms. The number of rotatable bonds is 5. The molecule has 3 rings (SSSR count). The number of ether oxygens (including phenoxy) is 1. The van der Waals surface area contributed by atoms with Gasteiger partial charge in [-0.05, 0) is 38.1 Å². The molecule has 2 aromatic carbocycles. The van der Waals surface area contributed by atoms with Gasteiger partial charge in [-0.2, -0.15) is 9.36 Å². The molecule has 0 unspecified atom stereocenters. The van der Waals surface area contributed by atoms with Crippen molar-refractivity contribution in [2.75, 3.05) is 11.9 Å². The molecule has 0 fully saturated rings. The summed E-state index contributed by atoms with van der Waals surface area (Å²) >= 11 is 1.17. The third kappa shape index (κ3) is 3.78. The van der Waals surface area contributed by atoms with Gasteiger partial charge < -0.3 is 4.74 Å². The van der Waals surface area contributed by atoms with Crippen LogP contribution in [0.3, 0.4) is 0 Å². The molecule has 1 heterocycles. The highest BCUT2D eigenvalue weighted by atomic mass is 32.1. The summed E-state index contributed by atoms with van der Waals surface area (Å²) in [5.74, 6) is 1.14. The van der Waals surface area contributed by atoms with Crippen molar-refractivity contribution >= 4 is 22.6 Å². The van der Waals surface area contributed by atoms with Gasteiger partial charge in [-0.25, -0.2) is 0 Å². The molecule has 0 saturated carbocycles.